The molecule has 8 heteroatoms. The Kier molecular flexibility index (Phi) is 5.48. The number of aryl methyl sites for hydroxylation is 1. The zero-order chi connectivity index (χ0) is 21.3. The molecule has 0 spiro atoms. The number of amides is 4. The lowest BCUT2D eigenvalue weighted by Crippen LogP contribution is -2.54. The van der Waals surface area contributed by atoms with E-state index in [-0.39, 0.29) is 5.57 Å². The molecule has 1 N–H and O–H groups in total. The van der Waals surface area contributed by atoms with Crippen LogP contribution < -0.4 is 10.2 Å². The predicted molar refractivity (Wildman–Crippen MR) is 114 cm³/mol. The Bertz CT molecular complexity index is 1180. The first-order valence-electron chi connectivity index (χ1n) is 8.93. The fraction of sp³-hybridized carbons (Fsp3) is 0.0455. The van der Waals surface area contributed by atoms with E-state index >= 15 is 0 Å². The molecule has 0 aliphatic carbocycles. The lowest BCUT2D eigenvalue weighted by molar-refractivity contribution is -0.122. The van der Waals surface area contributed by atoms with Gasteiger partial charge in [0.25, 0.3) is 11.8 Å². The SMILES string of the molecule is Cc1ccccc1N1C(=O)NC(=O)C(=Cc2ccc(Sc3ccc(Cl)cc3)o2)C1=O. The second kappa shape index (κ2) is 8.22. The summed E-state index contributed by atoms with van der Waals surface area (Å²) in [6.07, 6.45) is 1.33. The molecule has 1 aliphatic rings. The number of halogens is 1. The van der Waals surface area contributed by atoms with Crippen LogP contribution in [0.25, 0.3) is 6.08 Å². The van der Waals surface area contributed by atoms with Gasteiger partial charge in [0.1, 0.15) is 11.3 Å². The number of hydrogen-bond acceptors (Lipinski definition) is 5. The lowest BCUT2D eigenvalue weighted by atomic mass is 10.1. The van der Waals surface area contributed by atoms with E-state index in [0.29, 0.717) is 21.6 Å². The fourth-order valence-corrected chi connectivity index (χ4v) is 3.82. The van der Waals surface area contributed by atoms with Crippen molar-refractivity contribution in [2.75, 3.05) is 4.90 Å². The molecule has 0 atom stereocenters. The monoisotopic (exact) mass is 438 g/mol. The Morgan fingerprint density at radius 3 is 2.47 bits per heavy atom. The van der Waals surface area contributed by atoms with E-state index in [1.165, 1.54) is 17.8 Å². The Hall–Kier alpha value is -3.29. The van der Waals surface area contributed by atoms with Crippen LogP contribution in [0.1, 0.15) is 11.3 Å². The third-order valence-electron chi connectivity index (χ3n) is 4.38. The number of furan rings is 1. The summed E-state index contributed by atoms with van der Waals surface area (Å²) in [5.41, 5.74) is 0.960. The molecule has 0 radical (unpaired) electrons. The third kappa shape index (κ3) is 4.03. The van der Waals surface area contributed by atoms with Crippen LogP contribution in [0, 0.1) is 6.92 Å². The molecule has 1 saturated heterocycles. The smallest absolute Gasteiger partial charge is 0.335 e. The summed E-state index contributed by atoms with van der Waals surface area (Å²) in [5, 5.41) is 3.43. The van der Waals surface area contributed by atoms with Crippen LogP contribution >= 0.6 is 23.4 Å². The first kappa shape index (κ1) is 20.0. The first-order valence-corrected chi connectivity index (χ1v) is 10.1. The summed E-state index contributed by atoms with van der Waals surface area (Å²) in [6, 6.07) is 16.8. The van der Waals surface area contributed by atoms with Crippen LogP contribution in [-0.2, 0) is 9.59 Å². The van der Waals surface area contributed by atoms with Gasteiger partial charge < -0.3 is 4.42 Å². The minimum Gasteiger partial charge on any atom is -0.450 e. The summed E-state index contributed by atoms with van der Waals surface area (Å²) in [6.45, 7) is 1.78. The van der Waals surface area contributed by atoms with Crippen LogP contribution in [0.15, 0.2) is 80.6 Å². The van der Waals surface area contributed by atoms with Crippen molar-refractivity contribution in [1.82, 2.24) is 5.32 Å². The van der Waals surface area contributed by atoms with Crippen LogP contribution in [0.4, 0.5) is 10.5 Å². The molecule has 1 fully saturated rings. The van der Waals surface area contributed by atoms with E-state index in [0.717, 1.165) is 15.4 Å². The molecule has 3 aromatic rings. The fourth-order valence-electron chi connectivity index (χ4n) is 2.92. The highest BCUT2D eigenvalue weighted by atomic mass is 35.5. The van der Waals surface area contributed by atoms with Crippen molar-refractivity contribution in [1.29, 1.82) is 0 Å². The van der Waals surface area contributed by atoms with E-state index in [9.17, 15) is 14.4 Å². The highest BCUT2D eigenvalue weighted by molar-refractivity contribution is 7.99. The van der Waals surface area contributed by atoms with Crippen molar-refractivity contribution in [2.45, 2.75) is 16.9 Å². The first-order chi connectivity index (χ1) is 14.4. The molecule has 0 unspecified atom stereocenters. The summed E-state index contributed by atoms with van der Waals surface area (Å²) in [7, 11) is 0. The van der Waals surface area contributed by atoms with E-state index in [4.69, 9.17) is 16.0 Å². The number of imide groups is 2. The van der Waals surface area contributed by atoms with E-state index in [1.54, 1.807) is 55.5 Å². The molecule has 0 bridgehead atoms. The molecule has 0 saturated carbocycles. The Labute approximate surface area is 181 Å². The highest BCUT2D eigenvalue weighted by Crippen LogP contribution is 2.31. The number of benzene rings is 2. The molecule has 2 heterocycles. The zero-order valence-corrected chi connectivity index (χ0v) is 17.3. The molecule has 2 aromatic carbocycles. The number of urea groups is 1. The molecular weight excluding hydrogens is 424 g/mol. The Morgan fingerprint density at radius 1 is 1.00 bits per heavy atom. The minimum absolute atomic E-state index is 0.185. The van der Waals surface area contributed by atoms with Crippen molar-refractivity contribution >= 4 is 53.0 Å². The normalized spacial score (nSPS) is 15.6. The van der Waals surface area contributed by atoms with E-state index in [2.05, 4.69) is 5.32 Å². The number of barbiturate groups is 1. The number of nitrogens with one attached hydrogen (secondary N) is 1. The maximum atomic E-state index is 12.9. The van der Waals surface area contributed by atoms with Crippen LogP contribution in [0.5, 0.6) is 0 Å². The third-order valence-corrected chi connectivity index (χ3v) is 5.56. The highest BCUT2D eigenvalue weighted by Gasteiger charge is 2.37. The number of anilines is 1. The van der Waals surface area contributed by atoms with Crippen LogP contribution in [0.3, 0.4) is 0 Å². The van der Waals surface area contributed by atoms with Crippen molar-refractivity contribution in [3.63, 3.8) is 0 Å². The number of hydrogen-bond donors (Lipinski definition) is 1. The molecule has 6 nitrogen and oxygen atoms in total. The van der Waals surface area contributed by atoms with Gasteiger partial charge in [-0.2, -0.15) is 0 Å². The van der Waals surface area contributed by atoms with Crippen LogP contribution in [0.2, 0.25) is 5.02 Å². The van der Waals surface area contributed by atoms with Gasteiger partial charge in [-0.05, 0) is 61.0 Å². The summed E-state index contributed by atoms with van der Waals surface area (Å²) in [4.78, 5) is 39.4. The number of carbonyl (C=O) groups excluding carboxylic acids is 3. The quantitative estimate of drug-likeness (QED) is 0.455. The second-order valence-electron chi connectivity index (χ2n) is 6.46. The van der Waals surface area contributed by atoms with Crippen LogP contribution in [-0.4, -0.2) is 17.8 Å². The van der Waals surface area contributed by atoms with Gasteiger partial charge in [0, 0.05) is 9.92 Å². The second-order valence-corrected chi connectivity index (χ2v) is 7.97. The van der Waals surface area contributed by atoms with Crippen molar-refractivity contribution in [3.05, 3.63) is 82.6 Å². The minimum atomic E-state index is -0.783. The average molecular weight is 439 g/mol. The maximum Gasteiger partial charge on any atom is 0.335 e. The molecule has 150 valence electrons. The van der Waals surface area contributed by atoms with E-state index in [1.807, 2.05) is 12.1 Å². The lowest BCUT2D eigenvalue weighted by Gasteiger charge is -2.27. The van der Waals surface area contributed by atoms with Gasteiger partial charge in [-0.3, -0.25) is 14.9 Å². The van der Waals surface area contributed by atoms with Gasteiger partial charge in [-0.25, -0.2) is 9.69 Å². The number of nitrogens with zero attached hydrogens (tertiary/aromatic N) is 1. The Balaban J connectivity index is 1.61. The molecule has 1 aromatic heterocycles. The van der Waals surface area contributed by atoms with E-state index < -0.39 is 17.8 Å². The summed E-state index contributed by atoms with van der Waals surface area (Å²) >= 11 is 7.27. The molecule has 4 amide bonds. The maximum absolute atomic E-state index is 12.9. The Morgan fingerprint density at radius 2 is 1.73 bits per heavy atom. The van der Waals surface area contributed by atoms with Gasteiger partial charge in [0.15, 0.2) is 5.09 Å². The van der Waals surface area contributed by atoms with Gasteiger partial charge in [-0.1, -0.05) is 41.6 Å². The average Bonchev–Trinajstić information content (AvgIpc) is 3.15. The number of rotatable bonds is 4. The number of para-hydroxylation sites is 1. The van der Waals surface area contributed by atoms with Gasteiger partial charge in [-0.15, -0.1) is 0 Å². The van der Waals surface area contributed by atoms with Crippen molar-refractivity contribution < 1.29 is 18.8 Å². The largest absolute Gasteiger partial charge is 0.450 e. The van der Waals surface area contributed by atoms with Gasteiger partial charge in [0.05, 0.1) is 5.69 Å². The molecule has 30 heavy (non-hydrogen) atoms. The molecule has 4 rings (SSSR count). The predicted octanol–water partition coefficient (Wildman–Crippen LogP) is 5.06. The van der Waals surface area contributed by atoms with Gasteiger partial charge >= 0.3 is 6.03 Å². The molecular formula is C22H15ClN2O4S. The standard InChI is InChI=1S/C22H15ClN2O4S/c1-13-4-2-3-5-18(13)25-21(27)17(20(26)24-22(25)28)12-15-8-11-19(29-15)30-16-9-6-14(23)7-10-16/h2-12H,1H3,(H,24,26,28). The van der Waals surface area contributed by atoms with Crippen molar-refractivity contribution in [2.24, 2.45) is 0 Å². The molecule has 1 aliphatic heterocycles. The zero-order valence-electron chi connectivity index (χ0n) is 15.7. The number of carbonyl (C=O) groups is 3. The van der Waals surface area contributed by atoms with Crippen molar-refractivity contribution in [3.8, 4) is 0 Å². The van der Waals surface area contributed by atoms with Gasteiger partial charge in [0.2, 0.25) is 0 Å². The summed E-state index contributed by atoms with van der Waals surface area (Å²) in [5.74, 6) is -1.15. The topological polar surface area (TPSA) is 79.6 Å². The summed E-state index contributed by atoms with van der Waals surface area (Å²) < 4.78 is 5.73.